The van der Waals surface area contributed by atoms with Gasteiger partial charge in [-0.05, 0) is 26.1 Å². The van der Waals surface area contributed by atoms with E-state index in [1.165, 1.54) is 5.56 Å². The molecule has 0 aliphatic carbocycles. The Morgan fingerprint density at radius 1 is 1.12 bits per heavy atom. The maximum Gasteiger partial charge on any atom is 0.0503 e. The number of hydrogen-bond acceptors (Lipinski definition) is 3. The molecular formula is C13H21N3. The Labute approximate surface area is 98.4 Å². The van der Waals surface area contributed by atoms with Gasteiger partial charge in [0.15, 0.2) is 0 Å². The summed E-state index contributed by atoms with van der Waals surface area (Å²) in [5, 5.41) is 6.13. The van der Waals surface area contributed by atoms with Gasteiger partial charge in [-0.15, -0.1) is 0 Å². The molecule has 0 amide bonds. The van der Waals surface area contributed by atoms with Gasteiger partial charge in [0.2, 0.25) is 0 Å². The Kier molecular flexibility index (Phi) is 4.99. The van der Waals surface area contributed by atoms with E-state index >= 15 is 0 Å². The van der Waals surface area contributed by atoms with Crippen LogP contribution in [0.25, 0.3) is 0 Å². The summed E-state index contributed by atoms with van der Waals surface area (Å²) in [6, 6.07) is 10.8. The van der Waals surface area contributed by atoms with Crippen molar-refractivity contribution in [2.24, 2.45) is 5.10 Å². The summed E-state index contributed by atoms with van der Waals surface area (Å²) in [4.78, 5) is 2.18. The lowest BCUT2D eigenvalue weighted by Crippen LogP contribution is -2.32. The molecule has 0 aliphatic rings. The van der Waals surface area contributed by atoms with E-state index in [4.69, 9.17) is 0 Å². The Balaban J connectivity index is 2.65. The van der Waals surface area contributed by atoms with E-state index in [1.807, 2.05) is 31.4 Å². The topological polar surface area (TPSA) is 18.8 Å². The van der Waals surface area contributed by atoms with Gasteiger partial charge >= 0.3 is 0 Å². The molecule has 0 saturated heterocycles. The van der Waals surface area contributed by atoms with Crippen LogP contribution >= 0.6 is 0 Å². The summed E-state index contributed by atoms with van der Waals surface area (Å²) in [7, 11) is 8.03. The highest BCUT2D eigenvalue weighted by Gasteiger charge is 2.09. The molecule has 1 rings (SSSR count). The van der Waals surface area contributed by atoms with Gasteiger partial charge in [0, 0.05) is 20.3 Å². The number of rotatable bonds is 5. The molecule has 0 fully saturated rings. The zero-order valence-electron chi connectivity index (χ0n) is 10.6. The van der Waals surface area contributed by atoms with Gasteiger partial charge in [-0.3, -0.25) is 0 Å². The minimum Gasteiger partial charge on any atom is -0.303 e. The highest BCUT2D eigenvalue weighted by Crippen LogP contribution is 2.05. The third-order valence-corrected chi connectivity index (χ3v) is 2.42. The third-order valence-electron chi connectivity index (χ3n) is 2.42. The number of benzene rings is 1. The summed E-state index contributed by atoms with van der Waals surface area (Å²) in [5.41, 5.74) is 1.34. The second-order valence-corrected chi connectivity index (χ2v) is 4.33. The molecule has 0 aliphatic heterocycles. The normalized spacial score (nSPS) is 13.3. The van der Waals surface area contributed by atoms with Crippen molar-refractivity contribution in [3.05, 3.63) is 35.9 Å². The zero-order valence-corrected chi connectivity index (χ0v) is 10.6. The Hall–Kier alpha value is -1.35. The predicted octanol–water partition coefficient (Wildman–Crippen LogP) is 1.71. The fraction of sp³-hybridized carbons (Fsp3) is 0.462. The van der Waals surface area contributed by atoms with E-state index < -0.39 is 0 Å². The summed E-state index contributed by atoms with van der Waals surface area (Å²) in [5.74, 6) is 0. The first-order valence-electron chi connectivity index (χ1n) is 5.51. The molecule has 0 heterocycles. The molecule has 0 N–H and O–H groups in total. The van der Waals surface area contributed by atoms with Crippen LogP contribution in [0.15, 0.2) is 35.4 Å². The molecular weight excluding hydrogens is 198 g/mol. The van der Waals surface area contributed by atoms with Crippen LogP contribution in [0.1, 0.15) is 5.56 Å². The van der Waals surface area contributed by atoms with Crippen LogP contribution in [0, 0.1) is 0 Å². The highest BCUT2D eigenvalue weighted by molar-refractivity contribution is 5.64. The van der Waals surface area contributed by atoms with Gasteiger partial charge in [-0.25, -0.2) is 0 Å². The van der Waals surface area contributed by atoms with Gasteiger partial charge in [0.25, 0.3) is 0 Å². The van der Waals surface area contributed by atoms with Crippen LogP contribution in [-0.4, -0.2) is 50.4 Å². The van der Waals surface area contributed by atoms with Crippen LogP contribution in [0.2, 0.25) is 0 Å². The molecule has 88 valence electrons. The Morgan fingerprint density at radius 2 is 1.75 bits per heavy atom. The first kappa shape index (κ1) is 12.7. The van der Waals surface area contributed by atoms with E-state index in [1.54, 1.807) is 0 Å². The first-order chi connectivity index (χ1) is 7.59. The van der Waals surface area contributed by atoms with Crippen LogP contribution in [0.4, 0.5) is 0 Å². The first-order valence-corrected chi connectivity index (χ1v) is 5.51. The second kappa shape index (κ2) is 6.28. The van der Waals surface area contributed by atoms with Crippen LogP contribution in [0.5, 0.6) is 0 Å². The van der Waals surface area contributed by atoms with Gasteiger partial charge in [-0.2, -0.15) is 5.10 Å². The fourth-order valence-corrected chi connectivity index (χ4v) is 1.43. The van der Waals surface area contributed by atoms with Crippen LogP contribution in [0.3, 0.4) is 0 Å². The monoisotopic (exact) mass is 219 g/mol. The molecule has 1 unspecified atom stereocenters. The SMILES string of the molecule is CN(C)/N=C/C(Cc1ccccc1)N(C)C. The van der Waals surface area contributed by atoms with E-state index in [9.17, 15) is 0 Å². The minimum absolute atomic E-state index is 0.338. The van der Waals surface area contributed by atoms with Crippen molar-refractivity contribution in [1.82, 2.24) is 9.91 Å². The molecule has 0 saturated carbocycles. The van der Waals surface area contributed by atoms with E-state index in [0.717, 1.165) is 6.42 Å². The molecule has 16 heavy (non-hydrogen) atoms. The van der Waals surface area contributed by atoms with Crippen LogP contribution in [-0.2, 0) is 6.42 Å². The van der Waals surface area contributed by atoms with Crippen molar-refractivity contribution < 1.29 is 0 Å². The third kappa shape index (κ3) is 4.45. The molecule has 0 aromatic heterocycles. The standard InChI is InChI=1S/C13H21N3/c1-15(2)13(11-14-16(3)4)10-12-8-6-5-7-9-12/h5-9,11,13H,10H2,1-4H3/b14-11+. The van der Waals surface area contributed by atoms with Crippen molar-refractivity contribution in [2.45, 2.75) is 12.5 Å². The largest absolute Gasteiger partial charge is 0.303 e. The molecule has 0 radical (unpaired) electrons. The predicted molar refractivity (Wildman–Crippen MR) is 69.8 cm³/mol. The van der Waals surface area contributed by atoms with Crippen molar-refractivity contribution in [3.8, 4) is 0 Å². The number of hydrazone groups is 1. The van der Waals surface area contributed by atoms with Gasteiger partial charge in [0.1, 0.15) is 0 Å². The van der Waals surface area contributed by atoms with Crippen LogP contribution < -0.4 is 0 Å². The Morgan fingerprint density at radius 3 is 2.25 bits per heavy atom. The van der Waals surface area contributed by atoms with Crippen molar-refractivity contribution in [2.75, 3.05) is 28.2 Å². The lowest BCUT2D eigenvalue weighted by atomic mass is 10.1. The van der Waals surface area contributed by atoms with E-state index in [-0.39, 0.29) is 0 Å². The second-order valence-electron chi connectivity index (χ2n) is 4.33. The Bertz CT molecular complexity index is 317. The maximum absolute atomic E-state index is 4.31. The minimum atomic E-state index is 0.338. The van der Waals surface area contributed by atoms with Gasteiger partial charge in [-0.1, -0.05) is 30.3 Å². The summed E-state index contributed by atoms with van der Waals surface area (Å²) >= 11 is 0. The lowest BCUT2D eigenvalue weighted by Gasteiger charge is -2.20. The smallest absolute Gasteiger partial charge is 0.0503 e. The average Bonchev–Trinajstić information content (AvgIpc) is 2.25. The summed E-state index contributed by atoms with van der Waals surface area (Å²) < 4.78 is 0. The quantitative estimate of drug-likeness (QED) is 0.554. The number of hydrogen-bond donors (Lipinski definition) is 0. The summed E-state index contributed by atoms with van der Waals surface area (Å²) in [6.07, 6.45) is 2.98. The van der Waals surface area contributed by atoms with Gasteiger partial charge in [0.05, 0.1) is 6.04 Å². The summed E-state index contributed by atoms with van der Waals surface area (Å²) in [6.45, 7) is 0. The zero-order chi connectivity index (χ0) is 12.0. The lowest BCUT2D eigenvalue weighted by molar-refractivity contribution is 0.356. The van der Waals surface area contributed by atoms with Crippen molar-refractivity contribution in [3.63, 3.8) is 0 Å². The number of nitrogens with zero attached hydrogens (tertiary/aromatic N) is 3. The maximum atomic E-state index is 4.31. The fourth-order valence-electron chi connectivity index (χ4n) is 1.43. The van der Waals surface area contributed by atoms with E-state index in [0.29, 0.717) is 6.04 Å². The molecule has 1 aromatic carbocycles. The van der Waals surface area contributed by atoms with Gasteiger partial charge < -0.3 is 9.91 Å². The molecule has 0 spiro atoms. The highest BCUT2D eigenvalue weighted by atomic mass is 15.4. The van der Waals surface area contributed by atoms with Crippen molar-refractivity contribution in [1.29, 1.82) is 0 Å². The number of likely N-dealkylation sites (N-methyl/N-ethyl adjacent to an activating group) is 1. The molecule has 3 heteroatoms. The molecule has 3 nitrogen and oxygen atoms in total. The molecule has 1 aromatic rings. The van der Waals surface area contributed by atoms with Crippen molar-refractivity contribution >= 4 is 6.21 Å². The molecule has 1 atom stereocenters. The average molecular weight is 219 g/mol. The van der Waals surface area contributed by atoms with E-state index in [2.05, 4.69) is 48.4 Å². The molecule has 0 bridgehead atoms.